The largest absolute Gasteiger partial charge is 0.387 e. The van der Waals surface area contributed by atoms with Crippen LogP contribution in [-0.4, -0.2) is 10.1 Å². The quantitative estimate of drug-likeness (QED) is 0.790. The van der Waals surface area contributed by atoms with Crippen molar-refractivity contribution in [2.24, 2.45) is 5.92 Å². The molecule has 0 aliphatic rings. The van der Waals surface area contributed by atoms with E-state index in [1.54, 1.807) is 5.51 Å². The van der Waals surface area contributed by atoms with Gasteiger partial charge in [0.1, 0.15) is 0 Å². The minimum Gasteiger partial charge on any atom is -0.387 e. The number of hydrogen-bond donors (Lipinski definition) is 1. The van der Waals surface area contributed by atoms with Crippen molar-refractivity contribution >= 4 is 11.3 Å². The fourth-order valence-corrected chi connectivity index (χ4v) is 2.10. The maximum absolute atomic E-state index is 9.75. The average molecular weight is 199 g/mol. The van der Waals surface area contributed by atoms with Gasteiger partial charge in [0.15, 0.2) is 0 Å². The van der Waals surface area contributed by atoms with Crippen molar-refractivity contribution in [2.75, 3.05) is 0 Å². The van der Waals surface area contributed by atoms with Gasteiger partial charge in [0.25, 0.3) is 0 Å². The van der Waals surface area contributed by atoms with Crippen molar-refractivity contribution in [3.63, 3.8) is 0 Å². The standard InChI is InChI=1S/C10H17NOS/c1-3-4-8(2)5-10(12)9-6-13-7-11-9/h6-8,10,12H,3-5H2,1-2H3. The Kier molecular flexibility index (Phi) is 4.39. The fourth-order valence-electron chi connectivity index (χ4n) is 1.50. The van der Waals surface area contributed by atoms with Crippen LogP contribution in [-0.2, 0) is 0 Å². The molecule has 1 rings (SSSR count). The minimum absolute atomic E-state index is 0.368. The molecule has 0 aliphatic heterocycles. The summed E-state index contributed by atoms with van der Waals surface area (Å²) in [5.41, 5.74) is 2.59. The van der Waals surface area contributed by atoms with Crippen molar-refractivity contribution in [1.82, 2.24) is 4.98 Å². The molecule has 0 bridgehead atoms. The van der Waals surface area contributed by atoms with Crippen LogP contribution in [0.5, 0.6) is 0 Å². The second-order valence-electron chi connectivity index (χ2n) is 3.56. The number of aliphatic hydroxyl groups excluding tert-OH is 1. The van der Waals surface area contributed by atoms with E-state index in [4.69, 9.17) is 0 Å². The zero-order valence-corrected chi connectivity index (χ0v) is 9.05. The molecule has 74 valence electrons. The molecule has 3 heteroatoms. The Morgan fingerprint density at radius 2 is 2.38 bits per heavy atom. The van der Waals surface area contributed by atoms with Gasteiger partial charge in [0.05, 0.1) is 17.3 Å². The highest BCUT2D eigenvalue weighted by atomic mass is 32.1. The van der Waals surface area contributed by atoms with E-state index in [1.807, 2.05) is 5.38 Å². The molecule has 2 atom stereocenters. The molecule has 0 radical (unpaired) electrons. The Bertz CT molecular complexity index is 223. The topological polar surface area (TPSA) is 33.1 Å². The zero-order chi connectivity index (χ0) is 9.68. The molecule has 0 spiro atoms. The van der Waals surface area contributed by atoms with Gasteiger partial charge in [-0.2, -0.15) is 0 Å². The molecule has 2 nitrogen and oxygen atoms in total. The first kappa shape index (κ1) is 10.7. The predicted octanol–water partition coefficient (Wildman–Crippen LogP) is 3.00. The molecule has 13 heavy (non-hydrogen) atoms. The molecular weight excluding hydrogens is 182 g/mol. The number of thiazole rings is 1. The SMILES string of the molecule is CCCC(C)CC(O)c1cscn1. The molecule has 2 unspecified atom stereocenters. The third-order valence-corrected chi connectivity index (χ3v) is 2.80. The van der Waals surface area contributed by atoms with Gasteiger partial charge in [-0.3, -0.25) is 0 Å². The van der Waals surface area contributed by atoms with Crippen molar-refractivity contribution < 1.29 is 5.11 Å². The predicted molar refractivity (Wildman–Crippen MR) is 55.8 cm³/mol. The highest BCUT2D eigenvalue weighted by Crippen LogP contribution is 2.23. The number of rotatable bonds is 5. The van der Waals surface area contributed by atoms with Crippen LogP contribution in [0.1, 0.15) is 44.9 Å². The van der Waals surface area contributed by atoms with E-state index >= 15 is 0 Å². The highest BCUT2D eigenvalue weighted by Gasteiger charge is 2.13. The van der Waals surface area contributed by atoms with Gasteiger partial charge in [-0.15, -0.1) is 11.3 Å². The van der Waals surface area contributed by atoms with E-state index in [-0.39, 0.29) is 6.10 Å². The maximum atomic E-state index is 9.75. The van der Waals surface area contributed by atoms with E-state index in [0.29, 0.717) is 5.92 Å². The number of aromatic nitrogens is 1. The van der Waals surface area contributed by atoms with Gasteiger partial charge >= 0.3 is 0 Å². The lowest BCUT2D eigenvalue weighted by Gasteiger charge is -2.13. The smallest absolute Gasteiger partial charge is 0.0970 e. The van der Waals surface area contributed by atoms with Crippen LogP contribution in [0.25, 0.3) is 0 Å². The van der Waals surface area contributed by atoms with Crippen LogP contribution in [0, 0.1) is 5.92 Å². The minimum atomic E-state index is -0.368. The van der Waals surface area contributed by atoms with Crippen molar-refractivity contribution in [3.05, 3.63) is 16.6 Å². The van der Waals surface area contributed by atoms with Crippen molar-refractivity contribution in [2.45, 2.75) is 39.2 Å². The van der Waals surface area contributed by atoms with E-state index in [9.17, 15) is 5.11 Å². The molecule has 1 N–H and O–H groups in total. The monoisotopic (exact) mass is 199 g/mol. The lowest BCUT2D eigenvalue weighted by Crippen LogP contribution is -2.04. The van der Waals surface area contributed by atoms with Crippen LogP contribution in [0.4, 0.5) is 0 Å². The first-order valence-electron chi connectivity index (χ1n) is 4.80. The summed E-state index contributed by atoms with van der Waals surface area (Å²) in [6.45, 7) is 4.35. The van der Waals surface area contributed by atoms with Gasteiger partial charge in [-0.1, -0.05) is 26.7 Å². The summed E-state index contributed by atoms with van der Waals surface area (Å²) in [6, 6.07) is 0. The Morgan fingerprint density at radius 3 is 2.92 bits per heavy atom. The van der Waals surface area contributed by atoms with Gasteiger partial charge < -0.3 is 5.11 Å². The Hall–Kier alpha value is -0.410. The first-order valence-corrected chi connectivity index (χ1v) is 5.74. The van der Waals surface area contributed by atoms with E-state index in [0.717, 1.165) is 12.1 Å². The highest BCUT2D eigenvalue weighted by molar-refractivity contribution is 7.07. The van der Waals surface area contributed by atoms with Crippen LogP contribution in [0.2, 0.25) is 0 Å². The lowest BCUT2D eigenvalue weighted by atomic mass is 9.98. The van der Waals surface area contributed by atoms with Gasteiger partial charge in [0, 0.05) is 5.38 Å². The van der Waals surface area contributed by atoms with Crippen LogP contribution >= 0.6 is 11.3 Å². The molecule has 1 aromatic rings. The second kappa shape index (κ2) is 5.35. The number of aliphatic hydroxyl groups is 1. The number of nitrogens with zero attached hydrogens (tertiary/aromatic N) is 1. The van der Waals surface area contributed by atoms with E-state index in [1.165, 1.54) is 24.2 Å². The average Bonchev–Trinajstić information content (AvgIpc) is 2.55. The Balaban J connectivity index is 2.37. The zero-order valence-electron chi connectivity index (χ0n) is 8.23. The molecule has 1 heterocycles. The van der Waals surface area contributed by atoms with Crippen LogP contribution < -0.4 is 0 Å². The third-order valence-electron chi connectivity index (χ3n) is 2.20. The number of hydrogen-bond acceptors (Lipinski definition) is 3. The summed E-state index contributed by atoms with van der Waals surface area (Å²) in [4.78, 5) is 4.10. The summed E-state index contributed by atoms with van der Waals surface area (Å²) >= 11 is 1.54. The molecule has 0 amide bonds. The third kappa shape index (κ3) is 3.44. The second-order valence-corrected chi connectivity index (χ2v) is 4.28. The molecule has 0 aromatic carbocycles. The van der Waals surface area contributed by atoms with Crippen molar-refractivity contribution in [1.29, 1.82) is 0 Å². The van der Waals surface area contributed by atoms with Gasteiger partial charge in [-0.25, -0.2) is 4.98 Å². The fraction of sp³-hybridized carbons (Fsp3) is 0.700. The summed E-state index contributed by atoms with van der Waals surface area (Å²) < 4.78 is 0. The van der Waals surface area contributed by atoms with Crippen LogP contribution in [0.15, 0.2) is 10.9 Å². The van der Waals surface area contributed by atoms with Gasteiger partial charge in [0.2, 0.25) is 0 Å². The summed E-state index contributed by atoms with van der Waals surface area (Å²) in [7, 11) is 0. The van der Waals surface area contributed by atoms with Crippen molar-refractivity contribution in [3.8, 4) is 0 Å². The normalized spacial score (nSPS) is 15.6. The van der Waals surface area contributed by atoms with Gasteiger partial charge in [-0.05, 0) is 12.3 Å². The summed E-state index contributed by atoms with van der Waals surface area (Å²) in [6.07, 6.45) is 2.83. The van der Waals surface area contributed by atoms with Crippen LogP contribution in [0.3, 0.4) is 0 Å². The summed E-state index contributed by atoms with van der Waals surface area (Å²) in [5.74, 6) is 0.585. The molecule has 1 aromatic heterocycles. The molecule has 0 saturated heterocycles. The first-order chi connectivity index (χ1) is 6.24. The summed E-state index contributed by atoms with van der Waals surface area (Å²) in [5, 5.41) is 11.7. The van der Waals surface area contributed by atoms with E-state index in [2.05, 4.69) is 18.8 Å². The lowest BCUT2D eigenvalue weighted by molar-refractivity contribution is 0.141. The molecular formula is C10H17NOS. The Labute approximate surface area is 83.6 Å². The molecule has 0 fully saturated rings. The molecule has 0 saturated carbocycles. The Morgan fingerprint density at radius 1 is 1.62 bits per heavy atom. The van der Waals surface area contributed by atoms with E-state index < -0.39 is 0 Å². The maximum Gasteiger partial charge on any atom is 0.0970 e. The molecule has 0 aliphatic carbocycles.